The first kappa shape index (κ1) is 18.6. The molecule has 1 aliphatic rings. The molecule has 0 spiro atoms. The van der Waals surface area contributed by atoms with E-state index in [-0.39, 0.29) is 30.7 Å². The molecule has 0 saturated carbocycles. The number of aliphatic carboxylic acids is 1. The zero-order valence-electron chi connectivity index (χ0n) is 14.9. The molecule has 0 bridgehead atoms. The second-order valence-electron chi connectivity index (χ2n) is 6.54. The van der Waals surface area contributed by atoms with Gasteiger partial charge in [0.2, 0.25) is 5.91 Å². The summed E-state index contributed by atoms with van der Waals surface area (Å²) in [5.74, 6) is -1.81. The van der Waals surface area contributed by atoms with E-state index in [9.17, 15) is 19.2 Å². The van der Waals surface area contributed by atoms with Gasteiger partial charge in [-0.3, -0.25) is 24.1 Å². The number of rotatable bonds is 7. The molecular weight excluding hydrogens is 348 g/mol. The fourth-order valence-corrected chi connectivity index (χ4v) is 3.37. The number of carboxylic acid groups (broad SMARTS) is 1. The van der Waals surface area contributed by atoms with Gasteiger partial charge in [-0.2, -0.15) is 0 Å². The van der Waals surface area contributed by atoms with Crippen LogP contribution in [0.1, 0.15) is 53.3 Å². The first-order valence-electron chi connectivity index (χ1n) is 8.81. The lowest BCUT2D eigenvalue weighted by Gasteiger charge is -2.27. The van der Waals surface area contributed by atoms with Crippen molar-refractivity contribution in [3.8, 4) is 0 Å². The van der Waals surface area contributed by atoms with Gasteiger partial charge in [-0.1, -0.05) is 18.6 Å². The van der Waals surface area contributed by atoms with Gasteiger partial charge in [-0.25, -0.2) is 0 Å². The predicted octanol–water partition coefficient (Wildman–Crippen LogP) is 3.04. The summed E-state index contributed by atoms with van der Waals surface area (Å²) in [7, 11) is 0. The zero-order chi connectivity index (χ0) is 19.6. The minimum atomic E-state index is -0.851. The van der Waals surface area contributed by atoms with Crippen LogP contribution < -0.4 is 5.32 Å². The van der Waals surface area contributed by atoms with Gasteiger partial charge in [0.25, 0.3) is 11.8 Å². The van der Waals surface area contributed by atoms with Gasteiger partial charge in [-0.15, -0.1) is 0 Å². The molecule has 1 aliphatic heterocycles. The highest BCUT2D eigenvalue weighted by molar-refractivity contribution is 6.27. The molecule has 0 fully saturated rings. The van der Waals surface area contributed by atoms with E-state index >= 15 is 0 Å². The Kier molecular flexibility index (Phi) is 5.21. The van der Waals surface area contributed by atoms with E-state index in [1.54, 1.807) is 30.3 Å². The van der Waals surface area contributed by atoms with Crippen molar-refractivity contribution >= 4 is 40.2 Å². The summed E-state index contributed by atoms with van der Waals surface area (Å²) < 4.78 is 0. The molecule has 2 aromatic rings. The molecule has 7 nitrogen and oxygen atoms in total. The lowest BCUT2D eigenvalue weighted by atomic mass is 9.93. The highest BCUT2D eigenvalue weighted by atomic mass is 16.4. The number of hydrogen-bond acceptors (Lipinski definition) is 4. The standard InChI is InChI=1S/C20H20N2O5/c1-12(23)21-16-10-9-15-18-13(16)6-5-7-14(18)19(26)22(20(15)27)11-4-2-3-8-17(24)25/h5-7,9-10H,2-4,8,11H2,1H3,(H,21,23)(H,24,25). The van der Waals surface area contributed by atoms with Crippen molar-refractivity contribution in [2.24, 2.45) is 0 Å². The van der Waals surface area contributed by atoms with Crippen LogP contribution in [0, 0.1) is 0 Å². The number of carboxylic acids is 1. The van der Waals surface area contributed by atoms with Crippen LogP contribution in [-0.4, -0.2) is 40.2 Å². The van der Waals surface area contributed by atoms with Gasteiger partial charge in [-0.05, 0) is 31.0 Å². The lowest BCUT2D eigenvalue weighted by Crippen LogP contribution is -2.40. The molecule has 0 aromatic heterocycles. The van der Waals surface area contributed by atoms with Crippen molar-refractivity contribution in [2.75, 3.05) is 11.9 Å². The number of hydrogen-bond donors (Lipinski definition) is 2. The molecule has 27 heavy (non-hydrogen) atoms. The maximum absolute atomic E-state index is 12.8. The monoisotopic (exact) mass is 368 g/mol. The third-order valence-corrected chi connectivity index (χ3v) is 4.57. The van der Waals surface area contributed by atoms with Crippen molar-refractivity contribution in [3.05, 3.63) is 41.5 Å². The highest BCUT2D eigenvalue weighted by Gasteiger charge is 2.32. The Hall–Kier alpha value is -3.22. The van der Waals surface area contributed by atoms with Gasteiger partial charge in [0.1, 0.15) is 0 Å². The molecule has 3 rings (SSSR count). The quantitative estimate of drug-likeness (QED) is 0.577. The fourth-order valence-electron chi connectivity index (χ4n) is 3.37. The molecule has 7 heteroatoms. The second kappa shape index (κ2) is 7.57. The number of anilines is 1. The number of carbonyl (C=O) groups excluding carboxylic acids is 3. The minimum Gasteiger partial charge on any atom is -0.481 e. The van der Waals surface area contributed by atoms with Crippen LogP contribution in [0.15, 0.2) is 30.3 Å². The number of nitrogens with zero attached hydrogens (tertiary/aromatic N) is 1. The molecule has 140 valence electrons. The van der Waals surface area contributed by atoms with E-state index in [0.717, 1.165) is 0 Å². The molecule has 3 amide bonds. The molecule has 2 N–H and O–H groups in total. The third kappa shape index (κ3) is 3.67. The first-order valence-corrected chi connectivity index (χ1v) is 8.81. The molecule has 0 aliphatic carbocycles. The van der Waals surface area contributed by atoms with Crippen LogP contribution in [0.2, 0.25) is 0 Å². The number of amides is 3. The number of benzene rings is 2. The van der Waals surface area contributed by atoms with E-state index < -0.39 is 5.97 Å². The van der Waals surface area contributed by atoms with E-state index in [2.05, 4.69) is 5.32 Å². The van der Waals surface area contributed by atoms with Crippen molar-refractivity contribution < 1.29 is 24.3 Å². The Balaban J connectivity index is 1.88. The number of unbranched alkanes of at least 4 members (excludes halogenated alkanes) is 2. The molecular formula is C20H20N2O5. The van der Waals surface area contributed by atoms with Gasteiger partial charge < -0.3 is 10.4 Å². The predicted molar refractivity (Wildman–Crippen MR) is 99.7 cm³/mol. The van der Waals surface area contributed by atoms with E-state index in [0.29, 0.717) is 46.8 Å². The van der Waals surface area contributed by atoms with Crippen molar-refractivity contribution in [1.29, 1.82) is 0 Å². The summed E-state index contributed by atoms with van der Waals surface area (Å²) in [5.41, 5.74) is 1.42. The van der Waals surface area contributed by atoms with Crippen molar-refractivity contribution in [2.45, 2.75) is 32.6 Å². The van der Waals surface area contributed by atoms with E-state index in [4.69, 9.17) is 5.11 Å². The van der Waals surface area contributed by atoms with Crippen LogP contribution in [0.3, 0.4) is 0 Å². The van der Waals surface area contributed by atoms with Gasteiger partial charge in [0, 0.05) is 47.5 Å². The third-order valence-electron chi connectivity index (χ3n) is 4.57. The van der Waals surface area contributed by atoms with E-state index in [1.807, 2.05) is 0 Å². The smallest absolute Gasteiger partial charge is 0.303 e. The normalized spacial score (nSPS) is 13.1. The fraction of sp³-hybridized carbons (Fsp3) is 0.300. The lowest BCUT2D eigenvalue weighted by molar-refractivity contribution is -0.137. The van der Waals surface area contributed by atoms with Crippen LogP contribution in [0.5, 0.6) is 0 Å². The maximum Gasteiger partial charge on any atom is 0.303 e. The summed E-state index contributed by atoms with van der Waals surface area (Å²) in [5, 5.41) is 12.6. The molecule has 0 saturated heterocycles. The Bertz CT molecular complexity index is 929. The molecule has 2 aromatic carbocycles. The summed E-state index contributed by atoms with van der Waals surface area (Å²) in [6.45, 7) is 1.65. The topological polar surface area (TPSA) is 104 Å². The van der Waals surface area contributed by atoms with Crippen molar-refractivity contribution in [3.63, 3.8) is 0 Å². The molecule has 0 atom stereocenters. The molecule has 0 unspecified atom stereocenters. The summed E-state index contributed by atoms with van der Waals surface area (Å²) in [6.07, 6.45) is 1.77. The summed E-state index contributed by atoms with van der Waals surface area (Å²) in [6, 6.07) is 8.47. The number of nitrogens with one attached hydrogen (secondary N) is 1. The van der Waals surface area contributed by atoms with Crippen molar-refractivity contribution in [1.82, 2.24) is 4.90 Å². The summed E-state index contributed by atoms with van der Waals surface area (Å²) >= 11 is 0. The number of imide groups is 1. The van der Waals surface area contributed by atoms with Crippen LogP contribution in [0.25, 0.3) is 10.8 Å². The maximum atomic E-state index is 12.8. The summed E-state index contributed by atoms with van der Waals surface area (Å²) in [4.78, 5) is 48.9. The Morgan fingerprint density at radius 3 is 2.37 bits per heavy atom. The Morgan fingerprint density at radius 2 is 1.70 bits per heavy atom. The van der Waals surface area contributed by atoms with Crippen LogP contribution in [0.4, 0.5) is 5.69 Å². The second-order valence-corrected chi connectivity index (χ2v) is 6.54. The Labute approximate surface area is 156 Å². The van der Waals surface area contributed by atoms with Gasteiger partial charge in [0.05, 0.1) is 0 Å². The van der Waals surface area contributed by atoms with E-state index in [1.165, 1.54) is 11.8 Å². The number of carbonyl (C=O) groups is 4. The zero-order valence-corrected chi connectivity index (χ0v) is 14.9. The van der Waals surface area contributed by atoms with Gasteiger partial charge in [0.15, 0.2) is 0 Å². The molecule has 0 radical (unpaired) electrons. The highest BCUT2D eigenvalue weighted by Crippen LogP contribution is 2.34. The average Bonchev–Trinajstić information content (AvgIpc) is 2.62. The van der Waals surface area contributed by atoms with Gasteiger partial charge >= 0.3 is 5.97 Å². The SMILES string of the molecule is CC(=O)Nc1ccc2c3c(cccc13)C(=O)N(CCCCCC(=O)O)C2=O. The van der Waals surface area contributed by atoms with Crippen LogP contribution in [-0.2, 0) is 9.59 Å². The molecule has 1 heterocycles. The van der Waals surface area contributed by atoms with Crippen LogP contribution >= 0.6 is 0 Å². The minimum absolute atomic E-state index is 0.0793. The largest absolute Gasteiger partial charge is 0.481 e. The first-order chi connectivity index (χ1) is 12.9. The Morgan fingerprint density at radius 1 is 1.00 bits per heavy atom. The average molecular weight is 368 g/mol.